The maximum atomic E-state index is 7.06. The quantitative estimate of drug-likeness (QED) is 0.670. The topological polar surface area (TPSA) is 30.9 Å². The third-order valence-electron chi connectivity index (χ3n) is 10.4. The average molecular weight is 446 g/mol. The van der Waals surface area contributed by atoms with Gasteiger partial charge in [-0.15, -0.1) is 0 Å². The normalized spacial score (nSPS) is 39.9. The molecular formula is C29H35NO3. The molecular weight excluding hydrogens is 410 g/mol. The zero-order valence-corrected chi connectivity index (χ0v) is 20.1. The van der Waals surface area contributed by atoms with Gasteiger partial charge >= 0.3 is 0 Å². The first-order valence-electron chi connectivity index (χ1n) is 12.7. The number of nitrogens with zero attached hydrogens (tertiary/aromatic N) is 1. The van der Waals surface area contributed by atoms with Gasteiger partial charge in [0.05, 0.1) is 13.2 Å². The van der Waals surface area contributed by atoms with E-state index in [2.05, 4.69) is 61.3 Å². The van der Waals surface area contributed by atoms with E-state index in [0.29, 0.717) is 18.6 Å². The molecule has 4 nitrogen and oxygen atoms in total. The number of likely N-dealkylation sites (N-methyl/N-ethyl adjacent to an activating group) is 1. The SMILES string of the molecule is COC12CC[C@@]3(CC1COCc1ccccc1)[C@H]1Cc4ccc(C)c5c4[C@@]3(CCN1C)[C@H]2O5. The van der Waals surface area contributed by atoms with Crippen molar-refractivity contribution in [2.75, 3.05) is 27.3 Å². The maximum absolute atomic E-state index is 7.06. The highest BCUT2D eigenvalue weighted by Gasteiger charge is 2.80. The molecule has 8 rings (SSSR count). The van der Waals surface area contributed by atoms with Crippen LogP contribution in [0.5, 0.6) is 5.75 Å². The molecule has 4 heteroatoms. The number of likely N-dealkylation sites (tertiary alicyclic amines) is 1. The van der Waals surface area contributed by atoms with Crippen molar-refractivity contribution in [2.45, 2.75) is 68.8 Å². The van der Waals surface area contributed by atoms with Gasteiger partial charge in [-0.3, -0.25) is 0 Å². The molecule has 174 valence electrons. The molecule has 2 unspecified atom stereocenters. The van der Waals surface area contributed by atoms with Crippen molar-refractivity contribution < 1.29 is 14.2 Å². The first kappa shape index (κ1) is 20.5. The van der Waals surface area contributed by atoms with Gasteiger partial charge < -0.3 is 19.1 Å². The fourth-order valence-electron chi connectivity index (χ4n) is 9.07. The van der Waals surface area contributed by atoms with Crippen LogP contribution in [0.1, 0.15) is 47.9 Å². The minimum Gasteiger partial charge on any atom is -0.486 e. The number of piperidine rings is 1. The van der Waals surface area contributed by atoms with Crippen LogP contribution < -0.4 is 4.74 Å². The van der Waals surface area contributed by atoms with E-state index in [4.69, 9.17) is 14.2 Å². The Labute approximate surface area is 197 Å². The van der Waals surface area contributed by atoms with E-state index in [1.54, 1.807) is 5.56 Å². The van der Waals surface area contributed by atoms with E-state index in [0.717, 1.165) is 26.0 Å². The third-order valence-corrected chi connectivity index (χ3v) is 10.4. The van der Waals surface area contributed by atoms with Crippen LogP contribution >= 0.6 is 0 Å². The smallest absolute Gasteiger partial charge is 0.138 e. The molecule has 6 atom stereocenters. The molecule has 6 aliphatic rings. The van der Waals surface area contributed by atoms with Crippen LogP contribution in [0.3, 0.4) is 0 Å². The van der Waals surface area contributed by atoms with Crippen molar-refractivity contribution in [3.63, 3.8) is 0 Å². The fraction of sp³-hybridized carbons (Fsp3) is 0.586. The number of methoxy groups -OCH3 is 1. The van der Waals surface area contributed by atoms with Gasteiger partial charge in [0.25, 0.3) is 0 Å². The van der Waals surface area contributed by atoms with Crippen molar-refractivity contribution >= 4 is 0 Å². The second-order valence-electron chi connectivity index (χ2n) is 11.4. The first-order valence-corrected chi connectivity index (χ1v) is 12.7. The van der Waals surface area contributed by atoms with Gasteiger partial charge in [0.2, 0.25) is 0 Å². The van der Waals surface area contributed by atoms with E-state index in [-0.39, 0.29) is 22.5 Å². The number of ether oxygens (including phenoxy) is 3. The highest BCUT2D eigenvalue weighted by Crippen LogP contribution is 2.76. The van der Waals surface area contributed by atoms with Crippen LogP contribution in [0.15, 0.2) is 42.5 Å². The predicted molar refractivity (Wildman–Crippen MR) is 128 cm³/mol. The van der Waals surface area contributed by atoms with Gasteiger partial charge in [-0.1, -0.05) is 42.5 Å². The maximum Gasteiger partial charge on any atom is 0.138 e. The lowest BCUT2D eigenvalue weighted by molar-refractivity contribution is -0.282. The summed E-state index contributed by atoms with van der Waals surface area (Å²) in [6, 6.07) is 15.8. The second kappa shape index (κ2) is 6.84. The Morgan fingerprint density at radius 2 is 1.94 bits per heavy atom. The van der Waals surface area contributed by atoms with Crippen molar-refractivity contribution in [3.05, 3.63) is 64.7 Å². The molecule has 4 bridgehead atoms. The summed E-state index contributed by atoms with van der Waals surface area (Å²) in [5.41, 5.74) is 5.66. The molecule has 2 aromatic carbocycles. The highest BCUT2D eigenvalue weighted by atomic mass is 16.6. The van der Waals surface area contributed by atoms with Crippen LogP contribution in [0, 0.1) is 18.3 Å². The number of hydrogen-bond donors (Lipinski definition) is 0. The summed E-state index contributed by atoms with van der Waals surface area (Å²) in [5, 5.41) is 0. The van der Waals surface area contributed by atoms with E-state index in [9.17, 15) is 0 Å². The number of aryl methyl sites for hydroxylation is 1. The van der Waals surface area contributed by atoms with Crippen LogP contribution in [-0.2, 0) is 27.9 Å². The number of hydrogen-bond acceptors (Lipinski definition) is 4. The minimum atomic E-state index is -0.279. The number of fused-ring (bicyclic) bond motifs is 2. The summed E-state index contributed by atoms with van der Waals surface area (Å²) >= 11 is 0. The summed E-state index contributed by atoms with van der Waals surface area (Å²) in [5.74, 6) is 1.53. The van der Waals surface area contributed by atoms with Crippen molar-refractivity contribution in [3.8, 4) is 5.75 Å². The van der Waals surface area contributed by atoms with Crippen molar-refractivity contribution in [1.29, 1.82) is 0 Å². The molecule has 0 N–H and O–H groups in total. The van der Waals surface area contributed by atoms with Gasteiger partial charge in [-0.25, -0.2) is 0 Å². The van der Waals surface area contributed by atoms with Crippen LogP contribution in [0.4, 0.5) is 0 Å². The number of benzene rings is 2. The zero-order chi connectivity index (χ0) is 22.4. The largest absolute Gasteiger partial charge is 0.486 e. The van der Waals surface area contributed by atoms with Crippen LogP contribution in [0.25, 0.3) is 0 Å². The van der Waals surface area contributed by atoms with E-state index in [1.165, 1.54) is 41.7 Å². The predicted octanol–water partition coefficient (Wildman–Crippen LogP) is 4.66. The Morgan fingerprint density at radius 1 is 1.09 bits per heavy atom. The van der Waals surface area contributed by atoms with Crippen molar-refractivity contribution in [2.24, 2.45) is 11.3 Å². The Morgan fingerprint density at radius 3 is 2.76 bits per heavy atom. The molecule has 4 aliphatic carbocycles. The summed E-state index contributed by atoms with van der Waals surface area (Å²) in [4.78, 5) is 2.66. The lowest BCUT2D eigenvalue weighted by Crippen LogP contribution is -2.81. The minimum absolute atomic E-state index is 0.0866. The monoisotopic (exact) mass is 445 g/mol. The first-order chi connectivity index (χ1) is 16.1. The molecule has 2 spiro atoms. The highest BCUT2D eigenvalue weighted by molar-refractivity contribution is 5.61. The summed E-state index contributed by atoms with van der Waals surface area (Å²) in [6.45, 7) is 4.76. The Balaban J connectivity index is 1.32. The lowest BCUT2D eigenvalue weighted by atomic mass is 9.35. The third kappa shape index (κ3) is 2.33. The van der Waals surface area contributed by atoms with Gasteiger partial charge in [0.15, 0.2) is 0 Å². The van der Waals surface area contributed by atoms with E-state index in [1.807, 2.05) is 7.11 Å². The standard InChI is InChI=1S/C29H35NO3/c1-19-9-10-21-15-23-27-11-12-29(31-3,22(16-27)18-32-17-20-7-5-4-6-8-20)26-28(27,13-14-30(23)2)24(21)25(19)33-26/h4-10,22-23,26H,11-18H2,1-3H3/t22?,23-,26-,27-,28+,29?/m1/s1. The molecule has 33 heavy (non-hydrogen) atoms. The van der Waals surface area contributed by atoms with Gasteiger partial charge in [-0.05, 0) is 69.3 Å². The second-order valence-corrected chi connectivity index (χ2v) is 11.4. The molecule has 0 aromatic heterocycles. The summed E-state index contributed by atoms with van der Waals surface area (Å²) in [6.07, 6.45) is 5.90. The average Bonchev–Trinajstić information content (AvgIpc) is 3.21. The Hall–Kier alpha value is -1.88. The molecule has 0 radical (unpaired) electrons. The van der Waals surface area contributed by atoms with Gasteiger partial charge in [0.1, 0.15) is 17.5 Å². The van der Waals surface area contributed by atoms with E-state index >= 15 is 0 Å². The van der Waals surface area contributed by atoms with Crippen LogP contribution in [-0.4, -0.2) is 50.0 Å². The summed E-state index contributed by atoms with van der Waals surface area (Å²) < 4.78 is 20.0. The lowest BCUT2D eigenvalue weighted by Gasteiger charge is -2.73. The Kier molecular flexibility index (Phi) is 4.25. The molecule has 2 aliphatic heterocycles. The van der Waals surface area contributed by atoms with E-state index < -0.39 is 0 Å². The molecule has 4 fully saturated rings. The molecule has 0 amide bonds. The van der Waals surface area contributed by atoms with Crippen LogP contribution in [0.2, 0.25) is 0 Å². The summed E-state index contributed by atoms with van der Waals surface area (Å²) in [7, 11) is 4.28. The van der Waals surface area contributed by atoms with Gasteiger partial charge in [-0.2, -0.15) is 0 Å². The molecule has 2 heterocycles. The zero-order valence-electron chi connectivity index (χ0n) is 20.1. The molecule has 3 saturated carbocycles. The molecule has 1 saturated heterocycles. The van der Waals surface area contributed by atoms with Crippen molar-refractivity contribution in [1.82, 2.24) is 4.90 Å². The Bertz CT molecular complexity index is 1100. The molecule has 2 aromatic rings. The fourth-order valence-corrected chi connectivity index (χ4v) is 9.07. The number of rotatable bonds is 5. The van der Waals surface area contributed by atoms with Gasteiger partial charge in [0, 0.05) is 35.5 Å².